The minimum atomic E-state index is -0.0989. The Morgan fingerprint density at radius 1 is 1.05 bits per heavy atom. The minimum Gasteiger partial charge on any atom is -0.463 e. The van der Waals surface area contributed by atoms with Crippen LogP contribution in [0.3, 0.4) is 0 Å². The van der Waals surface area contributed by atoms with Crippen molar-refractivity contribution in [1.29, 1.82) is 0 Å². The number of nitrogens with zero attached hydrogens (tertiary/aromatic N) is 1. The van der Waals surface area contributed by atoms with Crippen LogP contribution in [0.2, 0.25) is 0 Å². The first-order valence-corrected chi connectivity index (χ1v) is 6.70. The number of carbonyl (C=O) groups excluding carboxylic acids is 1. The first kappa shape index (κ1) is 13.2. The van der Waals surface area contributed by atoms with Crippen molar-refractivity contribution < 1.29 is 9.53 Å². The van der Waals surface area contributed by atoms with E-state index in [0.29, 0.717) is 11.3 Å². The van der Waals surface area contributed by atoms with Gasteiger partial charge in [-0.1, -0.05) is 18.2 Å². The van der Waals surface area contributed by atoms with Gasteiger partial charge in [-0.05, 0) is 30.3 Å². The van der Waals surface area contributed by atoms with Gasteiger partial charge >= 0.3 is 0 Å². The fourth-order valence-electron chi connectivity index (χ4n) is 2.21. The Balaban J connectivity index is 1.93. The van der Waals surface area contributed by atoms with Crippen LogP contribution in [0.5, 0.6) is 5.75 Å². The number of hydrogen-bond donors (Lipinski definition) is 1. The molecule has 3 rings (SSSR count). The summed E-state index contributed by atoms with van der Waals surface area (Å²) in [6.07, 6.45) is 1.58. The van der Waals surface area contributed by atoms with Crippen molar-refractivity contribution in [3.63, 3.8) is 0 Å². The predicted octanol–water partition coefficient (Wildman–Crippen LogP) is 2.87. The molecule has 0 unspecified atom stereocenters. The van der Waals surface area contributed by atoms with Gasteiger partial charge in [0.05, 0.1) is 5.70 Å². The second-order valence-electron chi connectivity index (χ2n) is 5.04. The van der Waals surface area contributed by atoms with Crippen LogP contribution in [-0.4, -0.2) is 20.0 Å². The van der Waals surface area contributed by atoms with Crippen molar-refractivity contribution >= 4 is 17.3 Å². The third-order valence-electron chi connectivity index (χ3n) is 3.36. The highest BCUT2D eigenvalue weighted by atomic mass is 16.5. The smallest absolute Gasteiger partial charge is 0.256 e. The molecule has 0 bridgehead atoms. The molecule has 0 atom stereocenters. The Morgan fingerprint density at radius 2 is 1.81 bits per heavy atom. The molecule has 4 nitrogen and oxygen atoms in total. The van der Waals surface area contributed by atoms with Crippen molar-refractivity contribution in [3.05, 3.63) is 65.9 Å². The average molecular weight is 280 g/mol. The summed E-state index contributed by atoms with van der Waals surface area (Å²) in [7, 11) is 3.94. The standard InChI is InChI=1S/C17H16N2O2/c1-19(2)12-8-9-14-15(10-12)16(18-17(14)20)11-21-13-6-4-3-5-7-13/h3-11H,1-2H3,(H,18,20)/b16-11-. The normalized spacial score (nSPS) is 14.8. The first-order chi connectivity index (χ1) is 10.1. The van der Waals surface area contributed by atoms with Crippen LogP contribution in [0.25, 0.3) is 5.70 Å². The summed E-state index contributed by atoms with van der Waals surface area (Å²) in [6.45, 7) is 0. The Hall–Kier alpha value is -2.75. The van der Waals surface area contributed by atoms with Crippen LogP contribution in [-0.2, 0) is 0 Å². The molecule has 1 N–H and O–H groups in total. The second-order valence-corrected chi connectivity index (χ2v) is 5.04. The Morgan fingerprint density at radius 3 is 2.52 bits per heavy atom. The molecule has 106 valence electrons. The molecule has 0 aliphatic carbocycles. The number of carbonyl (C=O) groups is 1. The molecule has 1 aliphatic rings. The number of anilines is 1. The lowest BCUT2D eigenvalue weighted by molar-refractivity contribution is 0.0980. The Kier molecular flexibility index (Phi) is 3.36. The van der Waals surface area contributed by atoms with Crippen molar-refractivity contribution in [3.8, 4) is 5.75 Å². The number of benzene rings is 2. The maximum absolute atomic E-state index is 11.9. The van der Waals surface area contributed by atoms with Gasteiger partial charge in [0, 0.05) is 30.9 Å². The number of amides is 1. The summed E-state index contributed by atoms with van der Waals surface area (Å²) in [4.78, 5) is 13.9. The third kappa shape index (κ3) is 2.60. The van der Waals surface area contributed by atoms with E-state index in [1.165, 1.54) is 0 Å². The summed E-state index contributed by atoms with van der Waals surface area (Å²) in [5, 5.41) is 2.83. The predicted molar refractivity (Wildman–Crippen MR) is 83.3 cm³/mol. The fourth-order valence-corrected chi connectivity index (χ4v) is 2.21. The van der Waals surface area contributed by atoms with E-state index >= 15 is 0 Å². The Bertz CT molecular complexity index is 706. The number of hydrogen-bond acceptors (Lipinski definition) is 3. The summed E-state index contributed by atoms with van der Waals surface area (Å²) in [5.74, 6) is 0.634. The fraction of sp³-hybridized carbons (Fsp3) is 0.118. The van der Waals surface area contributed by atoms with E-state index < -0.39 is 0 Å². The van der Waals surface area contributed by atoms with Crippen molar-refractivity contribution in [2.45, 2.75) is 0 Å². The molecular formula is C17H16N2O2. The zero-order chi connectivity index (χ0) is 14.8. The molecule has 0 fully saturated rings. The average Bonchev–Trinajstić information content (AvgIpc) is 2.82. The molecule has 21 heavy (non-hydrogen) atoms. The number of rotatable bonds is 3. The van der Waals surface area contributed by atoms with E-state index in [2.05, 4.69) is 5.32 Å². The van der Waals surface area contributed by atoms with E-state index in [1.807, 2.05) is 67.5 Å². The summed E-state index contributed by atoms with van der Waals surface area (Å²) < 4.78 is 5.61. The van der Waals surface area contributed by atoms with E-state index in [0.717, 1.165) is 17.0 Å². The lowest BCUT2D eigenvalue weighted by Gasteiger charge is -2.13. The van der Waals surface area contributed by atoms with Gasteiger partial charge in [0.1, 0.15) is 12.0 Å². The summed E-state index contributed by atoms with van der Waals surface area (Å²) >= 11 is 0. The summed E-state index contributed by atoms with van der Waals surface area (Å²) in [6, 6.07) is 15.2. The van der Waals surface area contributed by atoms with E-state index in [-0.39, 0.29) is 5.91 Å². The quantitative estimate of drug-likeness (QED) is 0.879. The van der Waals surface area contributed by atoms with Gasteiger partial charge in [-0.2, -0.15) is 0 Å². The topological polar surface area (TPSA) is 41.6 Å². The van der Waals surface area contributed by atoms with Gasteiger partial charge < -0.3 is 15.0 Å². The zero-order valence-corrected chi connectivity index (χ0v) is 12.0. The molecule has 1 aliphatic heterocycles. The van der Waals surface area contributed by atoms with Crippen molar-refractivity contribution in [2.75, 3.05) is 19.0 Å². The largest absolute Gasteiger partial charge is 0.463 e. The molecule has 2 aromatic carbocycles. The van der Waals surface area contributed by atoms with Crippen molar-refractivity contribution in [1.82, 2.24) is 5.32 Å². The van der Waals surface area contributed by atoms with E-state index in [4.69, 9.17) is 4.74 Å². The summed E-state index contributed by atoms with van der Waals surface area (Å²) in [5.41, 5.74) is 3.25. The van der Waals surface area contributed by atoms with Gasteiger partial charge in [0.2, 0.25) is 0 Å². The second kappa shape index (κ2) is 5.32. The number of nitrogens with one attached hydrogen (secondary N) is 1. The Labute approximate surface area is 123 Å². The van der Waals surface area contributed by atoms with Crippen molar-refractivity contribution in [2.24, 2.45) is 0 Å². The molecule has 1 heterocycles. The van der Waals surface area contributed by atoms with Crippen LogP contribution in [0, 0.1) is 0 Å². The van der Waals surface area contributed by atoms with Crippen LogP contribution < -0.4 is 15.0 Å². The molecule has 2 aromatic rings. The lowest BCUT2D eigenvalue weighted by Crippen LogP contribution is -2.12. The maximum atomic E-state index is 11.9. The molecule has 0 saturated heterocycles. The lowest BCUT2D eigenvalue weighted by atomic mass is 10.1. The van der Waals surface area contributed by atoms with Gasteiger partial charge in [0.25, 0.3) is 5.91 Å². The number of fused-ring (bicyclic) bond motifs is 1. The molecule has 0 spiro atoms. The molecule has 1 amide bonds. The van der Waals surface area contributed by atoms with Gasteiger partial charge in [0.15, 0.2) is 0 Å². The van der Waals surface area contributed by atoms with E-state index in [1.54, 1.807) is 6.26 Å². The monoisotopic (exact) mass is 280 g/mol. The van der Waals surface area contributed by atoms with Crippen LogP contribution in [0.15, 0.2) is 54.8 Å². The molecule has 4 heteroatoms. The highest BCUT2D eigenvalue weighted by Gasteiger charge is 2.24. The van der Waals surface area contributed by atoms with Crippen LogP contribution in [0.4, 0.5) is 5.69 Å². The first-order valence-electron chi connectivity index (χ1n) is 6.70. The maximum Gasteiger partial charge on any atom is 0.256 e. The van der Waals surface area contributed by atoms with Gasteiger partial charge in [-0.3, -0.25) is 4.79 Å². The van der Waals surface area contributed by atoms with Gasteiger partial charge in [-0.25, -0.2) is 0 Å². The van der Waals surface area contributed by atoms with Gasteiger partial charge in [-0.15, -0.1) is 0 Å². The molecule has 0 aromatic heterocycles. The van der Waals surface area contributed by atoms with Crippen LogP contribution in [0.1, 0.15) is 15.9 Å². The third-order valence-corrected chi connectivity index (χ3v) is 3.36. The SMILES string of the molecule is CN(C)c1ccc2c(c1)/C(=C/Oc1ccccc1)NC2=O. The number of para-hydroxylation sites is 1. The molecule has 0 radical (unpaired) electrons. The molecular weight excluding hydrogens is 264 g/mol. The van der Waals surface area contributed by atoms with E-state index in [9.17, 15) is 4.79 Å². The zero-order valence-electron chi connectivity index (χ0n) is 12.0. The number of ether oxygens (including phenoxy) is 1. The highest BCUT2D eigenvalue weighted by Crippen LogP contribution is 2.28. The highest BCUT2D eigenvalue weighted by molar-refractivity contribution is 6.09. The minimum absolute atomic E-state index is 0.0989. The molecule has 0 saturated carbocycles. The van der Waals surface area contributed by atoms with Crippen LogP contribution >= 0.6 is 0 Å².